The van der Waals surface area contributed by atoms with Gasteiger partial charge < -0.3 is 0 Å². The van der Waals surface area contributed by atoms with E-state index in [1.165, 1.54) is 11.3 Å². The lowest BCUT2D eigenvalue weighted by molar-refractivity contribution is 0.102. The number of hydrogen-bond acceptors (Lipinski definition) is 6. The van der Waals surface area contributed by atoms with E-state index in [1.54, 1.807) is 28.3 Å². The molecule has 1 aliphatic heterocycles. The standard InChI is InChI=1S/C17H17N5O2S/c23-15(20-17-21-18-10-25-17)11-6-7-12-13(9-11)19-14-5-3-1-2-4-8-22(14)16(12)24/h6-7,9-10H,1-5,8H2,(H,20,21,23). The van der Waals surface area contributed by atoms with Crippen molar-refractivity contribution in [1.82, 2.24) is 19.7 Å². The largest absolute Gasteiger partial charge is 0.296 e. The van der Waals surface area contributed by atoms with Crippen LogP contribution in [0.3, 0.4) is 0 Å². The molecule has 4 rings (SSSR count). The fraction of sp³-hybridized carbons (Fsp3) is 0.353. The van der Waals surface area contributed by atoms with Gasteiger partial charge in [0, 0.05) is 18.5 Å². The van der Waals surface area contributed by atoms with Crippen molar-refractivity contribution in [2.24, 2.45) is 0 Å². The summed E-state index contributed by atoms with van der Waals surface area (Å²) >= 11 is 1.25. The number of carbonyl (C=O) groups excluding carboxylic acids is 1. The van der Waals surface area contributed by atoms with Crippen LogP contribution in [0.4, 0.5) is 5.13 Å². The van der Waals surface area contributed by atoms with E-state index in [2.05, 4.69) is 20.5 Å². The number of nitrogens with one attached hydrogen (secondary N) is 1. The van der Waals surface area contributed by atoms with Gasteiger partial charge in [-0.3, -0.25) is 19.5 Å². The van der Waals surface area contributed by atoms with Crippen LogP contribution in [-0.4, -0.2) is 25.7 Å². The Morgan fingerprint density at radius 2 is 2.08 bits per heavy atom. The normalized spacial score (nSPS) is 14.6. The Hall–Kier alpha value is -2.61. The molecule has 128 valence electrons. The first-order valence-electron chi connectivity index (χ1n) is 8.33. The number of hydrogen-bond donors (Lipinski definition) is 1. The minimum absolute atomic E-state index is 0.0158. The molecule has 8 heteroatoms. The van der Waals surface area contributed by atoms with Gasteiger partial charge in [-0.2, -0.15) is 0 Å². The number of anilines is 1. The zero-order valence-corrected chi connectivity index (χ0v) is 14.4. The highest BCUT2D eigenvalue weighted by Crippen LogP contribution is 2.17. The Kier molecular flexibility index (Phi) is 4.27. The van der Waals surface area contributed by atoms with Crippen molar-refractivity contribution in [3.8, 4) is 0 Å². The van der Waals surface area contributed by atoms with Crippen LogP contribution in [0.25, 0.3) is 10.9 Å². The van der Waals surface area contributed by atoms with Gasteiger partial charge in [-0.05, 0) is 31.0 Å². The van der Waals surface area contributed by atoms with Gasteiger partial charge in [-0.15, -0.1) is 10.2 Å². The highest BCUT2D eigenvalue weighted by Gasteiger charge is 2.15. The van der Waals surface area contributed by atoms with Crippen molar-refractivity contribution in [1.29, 1.82) is 0 Å². The van der Waals surface area contributed by atoms with Crippen LogP contribution < -0.4 is 10.9 Å². The molecule has 7 nitrogen and oxygen atoms in total. The average Bonchev–Trinajstić information content (AvgIpc) is 3.09. The molecule has 1 aliphatic rings. The highest BCUT2D eigenvalue weighted by atomic mass is 32.1. The number of carbonyl (C=O) groups is 1. The van der Waals surface area contributed by atoms with Crippen LogP contribution in [0.1, 0.15) is 41.9 Å². The second kappa shape index (κ2) is 6.72. The molecular formula is C17H17N5O2S. The second-order valence-electron chi connectivity index (χ2n) is 6.08. The SMILES string of the molecule is O=C(Nc1nncs1)c1ccc2c(=O)n3c(nc2c1)CCCCCC3. The molecule has 0 fully saturated rings. The van der Waals surface area contributed by atoms with E-state index in [-0.39, 0.29) is 11.5 Å². The lowest BCUT2D eigenvalue weighted by Crippen LogP contribution is -2.26. The number of nitrogens with zero attached hydrogens (tertiary/aromatic N) is 4. The lowest BCUT2D eigenvalue weighted by atomic mass is 10.1. The molecule has 1 amide bonds. The molecule has 0 saturated carbocycles. The summed E-state index contributed by atoms with van der Waals surface area (Å²) in [5, 5.41) is 11.2. The third-order valence-corrected chi connectivity index (χ3v) is 5.02. The molecule has 2 aromatic heterocycles. The minimum Gasteiger partial charge on any atom is -0.296 e. The van der Waals surface area contributed by atoms with Gasteiger partial charge in [0.2, 0.25) is 5.13 Å². The first-order chi connectivity index (χ1) is 12.2. The monoisotopic (exact) mass is 355 g/mol. The molecule has 3 heterocycles. The smallest absolute Gasteiger partial charge is 0.261 e. The van der Waals surface area contributed by atoms with E-state index in [4.69, 9.17) is 0 Å². The summed E-state index contributed by atoms with van der Waals surface area (Å²) in [6.07, 6.45) is 5.15. The third-order valence-electron chi connectivity index (χ3n) is 4.41. The van der Waals surface area contributed by atoms with Gasteiger partial charge in [-0.25, -0.2) is 4.98 Å². The molecule has 0 unspecified atom stereocenters. The van der Waals surface area contributed by atoms with Crippen LogP contribution >= 0.6 is 11.3 Å². The van der Waals surface area contributed by atoms with Gasteiger partial charge in [0.15, 0.2) is 0 Å². The summed E-state index contributed by atoms with van der Waals surface area (Å²) in [7, 11) is 0. The van der Waals surface area contributed by atoms with Crippen molar-refractivity contribution in [3.05, 3.63) is 45.5 Å². The van der Waals surface area contributed by atoms with Crippen molar-refractivity contribution in [3.63, 3.8) is 0 Å². The van der Waals surface area contributed by atoms with E-state index < -0.39 is 0 Å². The van der Waals surface area contributed by atoms with Crippen molar-refractivity contribution >= 4 is 33.3 Å². The van der Waals surface area contributed by atoms with Gasteiger partial charge in [-0.1, -0.05) is 24.2 Å². The van der Waals surface area contributed by atoms with E-state index >= 15 is 0 Å². The molecule has 25 heavy (non-hydrogen) atoms. The maximum absolute atomic E-state index is 12.8. The Balaban J connectivity index is 1.74. The second-order valence-corrected chi connectivity index (χ2v) is 6.91. The van der Waals surface area contributed by atoms with E-state index in [0.717, 1.165) is 44.5 Å². The maximum Gasteiger partial charge on any atom is 0.261 e. The number of fused-ring (bicyclic) bond motifs is 2. The Labute approximate surface area is 147 Å². The predicted octanol–water partition coefficient (Wildman–Crippen LogP) is 2.62. The first kappa shape index (κ1) is 15.9. The quantitative estimate of drug-likeness (QED) is 0.763. The molecule has 0 saturated heterocycles. The minimum atomic E-state index is -0.285. The maximum atomic E-state index is 12.8. The molecule has 0 aliphatic carbocycles. The fourth-order valence-corrected chi connectivity index (χ4v) is 3.57. The molecular weight excluding hydrogens is 338 g/mol. The van der Waals surface area contributed by atoms with E-state index in [1.807, 2.05) is 0 Å². The topological polar surface area (TPSA) is 89.8 Å². The molecule has 0 spiro atoms. The average molecular weight is 355 g/mol. The van der Waals surface area contributed by atoms with Gasteiger partial charge in [0.05, 0.1) is 10.9 Å². The van der Waals surface area contributed by atoms with Gasteiger partial charge in [0.25, 0.3) is 11.5 Å². The van der Waals surface area contributed by atoms with Crippen LogP contribution in [0.15, 0.2) is 28.5 Å². The Bertz CT molecular complexity index is 981. The zero-order chi connectivity index (χ0) is 17.2. The van der Waals surface area contributed by atoms with E-state index in [0.29, 0.717) is 21.6 Å². The molecule has 0 radical (unpaired) electrons. The molecule has 0 atom stereocenters. The predicted molar refractivity (Wildman–Crippen MR) is 96.0 cm³/mol. The number of aromatic nitrogens is 4. The van der Waals surface area contributed by atoms with Crippen molar-refractivity contribution < 1.29 is 4.79 Å². The van der Waals surface area contributed by atoms with Crippen molar-refractivity contribution in [2.45, 2.75) is 38.6 Å². The van der Waals surface area contributed by atoms with Gasteiger partial charge in [0.1, 0.15) is 11.3 Å². The summed E-state index contributed by atoms with van der Waals surface area (Å²) in [5.41, 5.74) is 2.56. The first-order valence-corrected chi connectivity index (χ1v) is 9.21. The number of benzene rings is 1. The van der Waals surface area contributed by atoms with Crippen LogP contribution in [0, 0.1) is 0 Å². The number of aryl methyl sites for hydroxylation is 1. The summed E-state index contributed by atoms with van der Waals surface area (Å²) in [6.45, 7) is 0.719. The molecule has 0 bridgehead atoms. The van der Waals surface area contributed by atoms with Crippen LogP contribution in [0.5, 0.6) is 0 Å². The van der Waals surface area contributed by atoms with Crippen LogP contribution in [-0.2, 0) is 13.0 Å². The number of rotatable bonds is 2. The van der Waals surface area contributed by atoms with E-state index in [9.17, 15) is 9.59 Å². The highest BCUT2D eigenvalue weighted by molar-refractivity contribution is 7.13. The Morgan fingerprint density at radius 1 is 1.20 bits per heavy atom. The molecule has 3 aromatic rings. The summed E-state index contributed by atoms with van der Waals surface area (Å²) < 4.78 is 1.79. The molecule has 1 N–H and O–H groups in total. The third kappa shape index (κ3) is 3.17. The van der Waals surface area contributed by atoms with Crippen molar-refractivity contribution in [2.75, 3.05) is 5.32 Å². The van der Waals surface area contributed by atoms with Gasteiger partial charge >= 0.3 is 0 Å². The number of amides is 1. The van der Waals surface area contributed by atoms with Crippen LogP contribution in [0.2, 0.25) is 0 Å². The molecule has 1 aromatic carbocycles. The summed E-state index contributed by atoms with van der Waals surface area (Å²) in [6, 6.07) is 5.01. The zero-order valence-electron chi connectivity index (χ0n) is 13.6. The lowest BCUT2D eigenvalue weighted by Gasteiger charge is -2.16. The summed E-state index contributed by atoms with van der Waals surface area (Å²) in [5.74, 6) is 0.533. The summed E-state index contributed by atoms with van der Waals surface area (Å²) in [4.78, 5) is 29.8. The fourth-order valence-electron chi connectivity index (χ4n) is 3.13. The Morgan fingerprint density at radius 3 is 2.92 bits per heavy atom.